The number of aromatic carboxylic acids is 1. The molecular weight excluding hydrogens is 354 g/mol. The molecule has 2 aromatic rings. The number of nitrogens with zero attached hydrogens (tertiary/aromatic N) is 1. The Labute approximate surface area is 156 Å². The lowest BCUT2D eigenvalue weighted by Crippen LogP contribution is -2.22. The molecule has 25 heavy (non-hydrogen) atoms. The maximum atomic E-state index is 12.1. The number of carboxylic acids is 1. The van der Waals surface area contributed by atoms with Crippen LogP contribution in [0.1, 0.15) is 52.2 Å². The lowest BCUT2D eigenvalue weighted by atomic mass is 9.76. The number of hydrogen-bond acceptors (Lipinski definition) is 5. The van der Waals surface area contributed by atoms with Crippen molar-refractivity contribution in [1.29, 1.82) is 5.26 Å². The number of carbonyl (C=O) groups is 1. The van der Waals surface area contributed by atoms with Crippen LogP contribution >= 0.6 is 24.2 Å². The molecule has 0 radical (unpaired) electrons. The van der Waals surface area contributed by atoms with Gasteiger partial charge in [0.05, 0.1) is 23.8 Å². The first-order valence-corrected chi connectivity index (χ1v) is 9.22. The average molecular weight is 373 g/mol. The first-order valence-electron chi connectivity index (χ1n) is 8.04. The summed E-state index contributed by atoms with van der Waals surface area (Å²) in [6, 6.07) is 7.39. The number of benzene rings is 1. The minimum Gasteiger partial charge on any atom is -0.478 e. The van der Waals surface area contributed by atoms with Crippen molar-refractivity contribution in [3.05, 3.63) is 45.3 Å². The maximum absolute atomic E-state index is 12.1. The minimum absolute atomic E-state index is 0.0983. The maximum Gasteiger partial charge on any atom is 0.337 e. The largest absolute Gasteiger partial charge is 0.478 e. The van der Waals surface area contributed by atoms with Gasteiger partial charge in [-0.15, -0.1) is 11.3 Å². The second-order valence-corrected chi connectivity index (χ2v) is 8.47. The topological polar surface area (TPSA) is 70.3 Å². The molecule has 0 aliphatic heterocycles. The van der Waals surface area contributed by atoms with Gasteiger partial charge in [-0.2, -0.15) is 5.26 Å². The monoisotopic (exact) mass is 373 g/mol. The highest BCUT2D eigenvalue weighted by atomic mass is 32.1. The number of aryl methyl sites for hydroxylation is 1. The van der Waals surface area contributed by atoms with Gasteiger partial charge in [-0.25, -0.2) is 4.79 Å². The van der Waals surface area contributed by atoms with Crippen molar-refractivity contribution < 1.29 is 14.1 Å². The van der Waals surface area contributed by atoms with Crippen molar-refractivity contribution >= 4 is 30.2 Å². The number of rotatable bonds is 4. The Kier molecular flexibility index (Phi) is 4.92. The molecule has 1 aliphatic carbocycles. The minimum atomic E-state index is -0.912. The van der Waals surface area contributed by atoms with Gasteiger partial charge < -0.3 is 9.29 Å². The van der Waals surface area contributed by atoms with Gasteiger partial charge in [-0.05, 0) is 66.4 Å². The summed E-state index contributed by atoms with van der Waals surface area (Å²) in [5, 5.41) is 19.1. The Morgan fingerprint density at radius 3 is 2.88 bits per heavy atom. The average Bonchev–Trinajstić information content (AvgIpc) is 2.92. The number of nitriles is 1. The number of carboxylic acid groups (broad SMARTS) is 1. The fraction of sp³-hybridized carbons (Fsp3) is 0.368. The zero-order valence-corrected chi connectivity index (χ0v) is 15.8. The van der Waals surface area contributed by atoms with E-state index in [-0.39, 0.29) is 12.0 Å². The van der Waals surface area contributed by atoms with Gasteiger partial charge in [0.1, 0.15) is 0 Å². The third kappa shape index (κ3) is 3.45. The number of thiol groups is 1. The van der Waals surface area contributed by atoms with Crippen molar-refractivity contribution in [2.45, 2.75) is 39.7 Å². The standard InChI is InChI=1S/C19H19NO3S2/c1-19(2)6-5-15-14(8-19)16(18(21)22)17(25-15)13-7-11(9-20)3-4-12(13)10-23-24/h3-4,7,24H,5-6,8,10H2,1-2H3,(H,21,22). The highest BCUT2D eigenvalue weighted by molar-refractivity contribution is 7.75. The van der Waals surface area contributed by atoms with E-state index in [0.29, 0.717) is 16.0 Å². The predicted molar refractivity (Wildman–Crippen MR) is 101 cm³/mol. The van der Waals surface area contributed by atoms with Crippen LogP contribution in [0.4, 0.5) is 0 Å². The molecule has 0 amide bonds. The van der Waals surface area contributed by atoms with Crippen molar-refractivity contribution in [2.75, 3.05) is 0 Å². The molecule has 1 aromatic carbocycles. The summed E-state index contributed by atoms with van der Waals surface area (Å²) in [6.45, 7) is 4.60. The van der Waals surface area contributed by atoms with Crippen molar-refractivity contribution in [3.8, 4) is 16.5 Å². The van der Waals surface area contributed by atoms with Gasteiger partial charge >= 0.3 is 5.97 Å². The fourth-order valence-corrected chi connectivity index (χ4v) is 4.89. The quantitative estimate of drug-likeness (QED) is 0.593. The first-order chi connectivity index (χ1) is 11.9. The SMILES string of the molecule is CC1(C)CCc2sc(-c3cc(C#N)ccc3COS)c(C(=O)O)c2C1. The van der Waals surface area contributed by atoms with E-state index in [9.17, 15) is 15.2 Å². The number of hydrogen-bond donors (Lipinski definition) is 2. The van der Waals surface area contributed by atoms with Gasteiger partial charge in [-0.1, -0.05) is 19.9 Å². The van der Waals surface area contributed by atoms with Crippen LogP contribution in [-0.4, -0.2) is 11.1 Å². The van der Waals surface area contributed by atoms with Crippen LogP contribution in [0.5, 0.6) is 0 Å². The molecule has 0 bridgehead atoms. The number of thiophene rings is 1. The molecule has 0 spiro atoms. The zero-order valence-electron chi connectivity index (χ0n) is 14.1. The smallest absolute Gasteiger partial charge is 0.337 e. The molecule has 0 atom stereocenters. The van der Waals surface area contributed by atoms with Crippen LogP contribution in [0, 0.1) is 16.7 Å². The summed E-state index contributed by atoms with van der Waals surface area (Å²) >= 11 is 5.36. The Hall–Kier alpha value is -1.81. The third-order valence-corrected chi connectivity index (χ3v) is 6.15. The Bertz CT molecular complexity index is 878. The molecule has 0 saturated heterocycles. The van der Waals surface area contributed by atoms with Crippen molar-refractivity contribution in [2.24, 2.45) is 5.41 Å². The fourth-order valence-electron chi connectivity index (χ4n) is 3.39. The van der Waals surface area contributed by atoms with Crippen LogP contribution in [0.15, 0.2) is 18.2 Å². The molecule has 1 heterocycles. The molecule has 1 aromatic heterocycles. The van der Waals surface area contributed by atoms with E-state index >= 15 is 0 Å². The normalized spacial score (nSPS) is 15.4. The summed E-state index contributed by atoms with van der Waals surface area (Å²) in [7, 11) is 0. The molecule has 1 N–H and O–H groups in total. The first kappa shape index (κ1) is 18.0. The molecule has 3 rings (SSSR count). The summed E-state index contributed by atoms with van der Waals surface area (Å²) in [5.41, 5.74) is 3.51. The van der Waals surface area contributed by atoms with Crippen LogP contribution in [-0.2, 0) is 23.6 Å². The van der Waals surface area contributed by atoms with Gasteiger partial charge in [-0.3, -0.25) is 0 Å². The van der Waals surface area contributed by atoms with Gasteiger partial charge in [0.15, 0.2) is 0 Å². The molecule has 130 valence electrons. The molecule has 0 saturated carbocycles. The van der Waals surface area contributed by atoms with Crippen molar-refractivity contribution in [3.63, 3.8) is 0 Å². The van der Waals surface area contributed by atoms with Crippen LogP contribution in [0.3, 0.4) is 0 Å². The Balaban J connectivity index is 2.24. The molecule has 6 heteroatoms. The summed E-state index contributed by atoms with van der Waals surface area (Å²) in [5.74, 6) is -0.912. The molecule has 0 fully saturated rings. The highest BCUT2D eigenvalue weighted by Gasteiger charge is 2.33. The van der Waals surface area contributed by atoms with Crippen LogP contribution in [0.2, 0.25) is 0 Å². The van der Waals surface area contributed by atoms with Gasteiger partial charge in [0, 0.05) is 9.75 Å². The van der Waals surface area contributed by atoms with E-state index in [1.54, 1.807) is 18.2 Å². The second-order valence-electron chi connectivity index (χ2n) is 7.11. The van der Waals surface area contributed by atoms with Crippen LogP contribution < -0.4 is 0 Å². The summed E-state index contributed by atoms with van der Waals surface area (Å²) in [4.78, 5) is 13.9. The Morgan fingerprint density at radius 2 is 2.24 bits per heavy atom. The lowest BCUT2D eigenvalue weighted by Gasteiger charge is -2.29. The summed E-state index contributed by atoms with van der Waals surface area (Å²) in [6.07, 6.45) is 2.70. The van der Waals surface area contributed by atoms with E-state index in [1.807, 2.05) is 0 Å². The van der Waals surface area contributed by atoms with E-state index < -0.39 is 5.97 Å². The third-order valence-electron chi connectivity index (χ3n) is 4.69. The predicted octanol–water partition coefficient (Wildman–Crippen LogP) is 4.86. The molecular formula is C19H19NO3S2. The lowest BCUT2D eigenvalue weighted by molar-refractivity contribution is 0.0696. The molecule has 4 nitrogen and oxygen atoms in total. The van der Waals surface area contributed by atoms with E-state index in [1.165, 1.54) is 11.3 Å². The zero-order chi connectivity index (χ0) is 18.2. The van der Waals surface area contributed by atoms with Gasteiger partial charge in [0.2, 0.25) is 0 Å². The highest BCUT2D eigenvalue weighted by Crippen LogP contribution is 2.46. The van der Waals surface area contributed by atoms with Gasteiger partial charge in [0.25, 0.3) is 0 Å². The van der Waals surface area contributed by atoms with E-state index in [4.69, 9.17) is 4.18 Å². The van der Waals surface area contributed by atoms with E-state index in [0.717, 1.165) is 40.8 Å². The van der Waals surface area contributed by atoms with Crippen molar-refractivity contribution in [1.82, 2.24) is 0 Å². The molecule has 1 aliphatic rings. The van der Waals surface area contributed by atoms with E-state index in [2.05, 4.69) is 32.8 Å². The summed E-state index contributed by atoms with van der Waals surface area (Å²) < 4.78 is 4.97. The van der Waals surface area contributed by atoms with Crippen LogP contribution in [0.25, 0.3) is 10.4 Å². The number of fused-ring (bicyclic) bond motifs is 1. The molecule has 0 unspecified atom stereocenters. The Morgan fingerprint density at radius 1 is 1.48 bits per heavy atom. The second kappa shape index (κ2) is 6.83.